The molecular formula is C5H9NO3. The van der Waals surface area contributed by atoms with E-state index in [1.54, 1.807) is 0 Å². The maximum atomic E-state index is 9.79. The molecule has 0 radical (unpaired) electrons. The second-order valence-corrected chi connectivity index (χ2v) is 1.43. The standard InChI is InChI=1S/C5H9NO3/c1-6-4(7)2-3-5(8)9/h2-4,6-7H,1H3,(H,8,9)/b3-2+. The molecular weight excluding hydrogens is 122 g/mol. The number of aliphatic hydroxyl groups is 1. The van der Waals surface area contributed by atoms with Gasteiger partial charge in [-0.2, -0.15) is 0 Å². The fourth-order valence-corrected chi connectivity index (χ4v) is 0.270. The Hall–Kier alpha value is -0.870. The van der Waals surface area contributed by atoms with Crippen molar-refractivity contribution in [2.45, 2.75) is 6.23 Å². The molecule has 0 fully saturated rings. The topological polar surface area (TPSA) is 69.6 Å². The lowest BCUT2D eigenvalue weighted by Gasteiger charge is -1.98. The summed E-state index contributed by atoms with van der Waals surface area (Å²) in [6, 6.07) is 0. The van der Waals surface area contributed by atoms with E-state index in [4.69, 9.17) is 10.2 Å². The third-order valence-electron chi connectivity index (χ3n) is 0.717. The molecule has 0 aromatic heterocycles. The molecule has 0 aliphatic heterocycles. The Morgan fingerprint density at radius 2 is 2.33 bits per heavy atom. The van der Waals surface area contributed by atoms with Crippen LogP contribution in [-0.4, -0.2) is 29.5 Å². The first-order valence-corrected chi connectivity index (χ1v) is 2.43. The molecule has 0 amide bonds. The number of carboxylic acid groups (broad SMARTS) is 1. The Bertz CT molecular complexity index is 121. The zero-order valence-corrected chi connectivity index (χ0v) is 5.03. The lowest BCUT2D eigenvalue weighted by molar-refractivity contribution is -0.131. The highest BCUT2D eigenvalue weighted by atomic mass is 16.4. The molecule has 4 heteroatoms. The summed E-state index contributed by atoms with van der Waals surface area (Å²) in [5.74, 6) is -1.07. The van der Waals surface area contributed by atoms with Crippen LogP contribution in [-0.2, 0) is 4.79 Å². The number of likely N-dealkylation sites (N-methyl/N-ethyl adjacent to an activating group) is 1. The minimum atomic E-state index is -1.07. The van der Waals surface area contributed by atoms with Crippen molar-refractivity contribution in [1.82, 2.24) is 5.32 Å². The monoisotopic (exact) mass is 131 g/mol. The molecule has 1 atom stereocenters. The van der Waals surface area contributed by atoms with E-state index in [9.17, 15) is 4.79 Å². The van der Waals surface area contributed by atoms with E-state index in [1.807, 2.05) is 0 Å². The second kappa shape index (κ2) is 4.05. The van der Waals surface area contributed by atoms with Crippen LogP contribution < -0.4 is 5.32 Å². The maximum Gasteiger partial charge on any atom is 0.328 e. The summed E-state index contributed by atoms with van der Waals surface area (Å²) in [6.45, 7) is 0. The number of aliphatic carboxylic acids is 1. The Morgan fingerprint density at radius 3 is 2.67 bits per heavy atom. The molecule has 4 nitrogen and oxygen atoms in total. The van der Waals surface area contributed by atoms with Crippen LogP contribution in [0.3, 0.4) is 0 Å². The van der Waals surface area contributed by atoms with Gasteiger partial charge in [-0.3, -0.25) is 5.32 Å². The molecule has 0 heterocycles. The molecule has 0 aromatic carbocycles. The van der Waals surface area contributed by atoms with Crippen LogP contribution >= 0.6 is 0 Å². The van der Waals surface area contributed by atoms with Gasteiger partial charge in [-0.25, -0.2) is 4.79 Å². The Morgan fingerprint density at radius 1 is 1.78 bits per heavy atom. The second-order valence-electron chi connectivity index (χ2n) is 1.43. The number of carbonyl (C=O) groups is 1. The van der Waals surface area contributed by atoms with Gasteiger partial charge in [-0.1, -0.05) is 0 Å². The highest BCUT2D eigenvalue weighted by molar-refractivity contribution is 5.79. The van der Waals surface area contributed by atoms with Crippen LogP contribution in [0.4, 0.5) is 0 Å². The van der Waals surface area contributed by atoms with Crippen molar-refractivity contribution in [2.75, 3.05) is 7.05 Å². The van der Waals surface area contributed by atoms with Gasteiger partial charge < -0.3 is 10.2 Å². The highest BCUT2D eigenvalue weighted by Crippen LogP contribution is 1.77. The van der Waals surface area contributed by atoms with Gasteiger partial charge in [0.1, 0.15) is 6.23 Å². The van der Waals surface area contributed by atoms with Crippen molar-refractivity contribution < 1.29 is 15.0 Å². The van der Waals surface area contributed by atoms with Crippen molar-refractivity contribution in [1.29, 1.82) is 0 Å². The minimum absolute atomic E-state index is 0.874. The summed E-state index contributed by atoms with van der Waals surface area (Å²) in [6.07, 6.45) is 1.14. The van der Waals surface area contributed by atoms with Crippen molar-refractivity contribution in [3.63, 3.8) is 0 Å². The fourth-order valence-electron chi connectivity index (χ4n) is 0.270. The molecule has 0 spiro atoms. The molecule has 3 N–H and O–H groups in total. The van der Waals surface area contributed by atoms with E-state index in [0.717, 1.165) is 12.2 Å². The highest BCUT2D eigenvalue weighted by Gasteiger charge is 1.91. The average Bonchev–Trinajstić information content (AvgIpc) is 1.83. The fraction of sp³-hybridized carbons (Fsp3) is 0.400. The van der Waals surface area contributed by atoms with Crippen LogP contribution in [0.1, 0.15) is 0 Å². The molecule has 0 rings (SSSR count). The Labute approximate surface area is 52.8 Å². The van der Waals surface area contributed by atoms with Gasteiger partial charge in [0.25, 0.3) is 0 Å². The predicted molar refractivity (Wildman–Crippen MR) is 31.8 cm³/mol. The van der Waals surface area contributed by atoms with Crippen LogP contribution in [0, 0.1) is 0 Å². The van der Waals surface area contributed by atoms with Gasteiger partial charge in [0, 0.05) is 6.08 Å². The van der Waals surface area contributed by atoms with Crippen molar-refractivity contribution in [3.8, 4) is 0 Å². The maximum absolute atomic E-state index is 9.79. The molecule has 1 unspecified atom stereocenters. The lowest BCUT2D eigenvalue weighted by Crippen LogP contribution is -2.21. The van der Waals surface area contributed by atoms with E-state index in [1.165, 1.54) is 7.05 Å². The number of hydrogen-bond donors (Lipinski definition) is 3. The molecule has 0 saturated heterocycles. The zero-order chi connectivity index (χ0) is 7.28. The molecule has 0 saturated carbocycles. The van der Waals surface area contributed by atoms with Gasteiger partial charge in [-0.05, 0) is 13.1 Å². The van der Waals surface area contributed by atoms with Crippen LogP contribution in [0.2, 0.25) is 0 Å². The smallest absolute Gasteiger partial charge is 0.328 e. The Balaban J connectivity index is 3.56. The number of aliphatic hydroxyl groups excluding tert-OH is 1. The molecule has 0 bridgehead atoms. The van der Waals surface area contributed by atoms with Crippen LogP contribution in [0.5, 0.6) is 0 Å². The molecule has 52 valence electrons. The minimum Gasteiger partial charge on any atom is -0.478 e. The quantitative estimate of drug-likeness (QED) is 0.345. The first kappa shape index (κ1) is 8.13. The third kappa shape index (κ3) is 4.99. The summed E-state index contributed by atoms with van der Waals surface area (Å²) >= 11 is 0. The third-order valence-corrected chi connectivity index (χ3v) is 0.717. The van der Waals surface area contributed by atoms with E-state index >= 15 is 0 Å². The van der Waals surface area contributed by atoms with Crippen LogP contribution in [0.15, 0.2) is 12.2 Å². The van der Waals surface area contributed by atoms with Crippen molar-refractivity contribution in [2.24, 2.45) is 0 Å². The summed E-state index contributed by atoms with van der Waals surface area (Å²) in [7, 11) is 1.52. The van der Waals surface area contributed by atoms with Gasteiger partial charge in [-0.15, -0.1) is 0 Å². The zero-order valence-electron chi connectivity index (χ0n) is 5.03. The largest absolute Gasteiger partial charge is 0.478 e. The predicted octanol–water partition coefficient (Wildman–Crippen LogP) is -0.835. The van der Waals surface area contributed by atoms with Crippen LogP contribution in [0.25, 0.3) is 0 Å². The van der Waals surface area contributed by atoms with Crippen molar-refractivity contribution >= 4 is 5.97 Å². The molecule has 0 aliphatic rings. The average molecular weight is 131 g/mol. The Kier molecular flexibility index (Phi) is 3.66. The summed E-state index contributed by atoms with van der Waals surface area (Å²) in [5.41, 5.74) is 0. The van der Waals surface area contributed by atoms with E-state index in [-0.39, 0.29) is 0 Å². The normalized spacial score (nSPS) is 14.0. The lowest BCUT2D eigenvalue weighted by atomic mass is 10.4. The van der Waals surface area contributed by atoms with Crippen molar-refractivity contribution in [3.05, 3.63) is 12.2 Å². The first-order chi connectivity index (χ1) is 4.16. The van der Waals surface area contributed by atoms with Gasteiger partial charge in [0.05, 0.1) is 0 Å². The van der Waals surface area contributed by atoms with E-state index < -0.39 is 12.2 Å². The van der Waals surface area contributed by atoms with Gasteiger partial charge >= 0.3 is 5.97 Å². The molecule has 9 heavy (non-hydrogen) atoms. The van der Waals surface area contributed by atoms with Gasteiger partial charge in [0.2, 0.25) is 0 Å². The molecule has 0 aliphatic carbocycles. The first-order valence-electron chi connectivity index (χ1n) is 2.43. The molecule has 0 aromatic rings. The van der Waals surface area contributed by atoms with E-state index in [0.29, 0.717) is 0 Å². The number of carboxylic acids is 1. The van der Waals surface area contributed by atoms with E-state index in [2.05, 4.69) is 5.32 Å². The summed E-state index contributed by atoms with van der Waals surface area (Å²) in [4.78, 5) is 9.79. The number of rotatable bonds is 3. The van der Waals surface area contributed by atoms with Gasteiger partial charge in [0.15, 0.2) is 0 Å². The number of nitrogens with one attached hydrogen (secondary N) is 1. The summed E-state index contributed by atoms with van der Waals surface area (Å²) < 4.78 is 0. The number of hydrogen-bond acceptors (Lipinski definition) is 3. The summed E-state index contributed by atoms with van der Waals surface area (Å²) in [5, 5.41) is 19.1. The SMILES string of the molecule is CNC(O)/C=C/C(=O)O.